The van der Waals surface area contributed by atoms with E-state index in [1.165, 1.54) is 83.5 Å². The summed E-state index contributed by atoms with van der Waals surface area (Å²) in [7, 11) is -8.55. The number of benzene rings is 2. The number of rotatable bonds is 41. The third kappa shape index (κ3) is 27.6. The zero-order valence-corrected chi connectivity index (χ0v) is 50.6. The second kappa shape index (κ2) is 35.7. The van der Waals surface area contributed by atoms with Crippen LogP contribution in [0.1, 0.15) is 182 Å². The Bertz CT molecular complexity index is 1790. The number of carbonyl (C=O) groups is 2. The summed E-state index contributed by atoms with van der Waals surface area (Å²) in [6.07, 6.45) is 17.2. The molecule has 0 aliphatic carbocycles. The molecule has 2 N–H and O–H groups in total. The molecule has 0 bridgehead atoms. The molecule has 1 heterocycles. The van der Waals surface area contributed by atoms with Crippen LogP contribution in [0.3, 0.4) is 0 Å². The molecule has 3 rings (SSSR count). The van der Waals surface area contributed by atoms with Gasteiger partial charge in [-0.1, -0.05) is 213 Å². The molecule has 0 aromatic heterocycles. The second-order valence-electron chi connectivity index (χ2n) is 23.2. The summed E-state index contributed by atoms with van der Waals surface area (Å²) in [6.45, 7) is 22.3. The summed E-state index contributed by atoms with van der Waals surface area (Å²) in [5, 5.41) is 14.7. The van der Waals surface area contributed by atoms with Gasteiger partial charge in [0.2, 0.25) is 5.91 Å². The number of unbranched alkanes of at least 4 members (excludes halogenated alkanes) is 18. The number of esters is 1. The first-order valence-electron chi connectivity index (χ1n) is 28.7. The largest absolute Gasteiger partial charge is 0.588 e. The Kier molecular flexibility index (Phi) is 31.7. The molecule has 1 saturated heterocycles. The SMILES string of the molecule is CCCCCCCCCCCCCC(=O)N[C@H]1C(O)O[C@H](CO[Si](C)(C)C(C)(C)C)[C@@H](OP(=O)(Oc2ccccc2)Oc2ccccc2)[C@@H]1OC(=O)C[C@@H](CCCCCCCCCCC)OCOCC[Si](C)(C)C. The van der Waals surface area contributed by atoms with Crippen LogP contribution in [0.4, 0.5) is 0 Å². The highest BCUT2D eigenvalue weighted by Gasteiger charge is 2.54. The minimum Gasteiger partial charge on any atom is -0.457 e. The molecule has 2 aromatic rings. The molecule has 1 aliphatic heterocycles. The Labute approximate surface area is 450 Å². The lowest BCUT2D eigenvalue weighted by Gasteiger charge is -2.46. The smallest absolute Gasteiger partial charge is 0.457 e. The first-order chi connectivity index (χ1) is 35.3. The van der Waals surface area contributed by atoms with Gasteiger partial charge in [-0.2, -0.15) is 0 Å². The maximum absolute atomic E-state index is 15.3. The number of para-hydroxylation sites is 2. The Balaban J connectivity index is 1.97. The normalized spacial score (nSPS) is 19.0. The maximum atomic E-state index is 15.3. The molecule has 2 aromatic carbocycles. The van der Waals surface area contributed by atoms with Crippen LogP contribution in [0.5, 0.6) is 11.5 Å². The van der Waals surface area contributed by atoms with Gasteiger partial charge in [-0.15, -0.1) is 0 Å². The minimum atomic E-state index is -4.71. The van der Waals surface area contributed by atoms with Gasteiger partial charge >= 0.3 is 13.8 Å². The second-order valence-corrected chi connectivity index (χ2v) is 35.1. The molecular formula is C58H102NO12PSi2. The minimum absolute atomic E-state index is 0.0308. The number of hydrogen-bond acceptors (Lipinski definition) is 12. The van der Waals surface area contributed by atoms with Gasteiger partial charge in [0.15, 0.2) is 20.7 Å². The van der Waals surface area contributed by atoms with Crippen molar-refractivity contribution in [3.8, 4) is 11.5 Å². The van der Waals surface area contributed by atoms with E-state index < -0.39 is 66.9 Å². The summed E-state index contributed by atoms with van der Waals surface area (Å²) in [6, 6.07) is 16.7. The molecular weight excluding hydrogens is 990 g/mol. The number of phosphoric acid groups is 1. The van der Waals surface area contributed by atoms with Crippen LogP contribution >= 0.6 is 7.82 Å². The van der Waals surface area contributed by atoms with E-state index in [0.29, 0.717) is 19.4 Å². The van der Waals surface area contributed by atoms with Crippen molar-refractivity contribution in [2.75, 3.05) is 20.0 Å². The van der Waals surface area contributed by atoms with Crippen molar-refractivity contribution in [1.82, 2.24) is 5.32 Å². The fourth-order valence-corrected chi connectivity index (χ4v) is 11.7. The fourth-order valence-electron chi connectivity index (χ4n) is 8.52. The fraction of sp³-hybridized carbons (Fsp3) is 0.759. The Morgan fingerprint density at radius 1 is 0.703 bits per heavy atom. The molecule has 6 atom stereocenters. The Morgan fingerprint density at radius 2 is 1.19 bits per heavy atom. The van der Waals surface area contributed by atoms with Gasteiger partial charge < -0.3 is 42.8 Å². The zero-order valence-electron chi connectivity index (χ0n) is 47.7. The molecule has 1 unspecified atom stereocenters. The van der Waals surface area contributed by atoms with Crippen LogP contribution < -0.4 is 14.4 Å². The topological polar surface area (TPSA) is 157 Å². The van der Waals surface area contributed by atoms with Crippen molar-refractivity contribution in [3.63, 3.8) is 0 Å². The van der Waals surface area contributed by atoms with Crippen molar-refractivity contribution in [2.24, 2.45) is 0 Å². The molecule has 0 spiro atoms. The predicted octanol–water partition coefficient (Wildman–Crippen LogP) is 15.5. The summed E-state index contributed by atoms with van der Waals surface area (Å²) in [5.41, 5.74) is 0. The third-order valence-electron chi connectivity index (χ3n) is 14.3. The van der Waals surface area contributed by atoms with E-state index in [1.54, 1.807) is 60.7 Å². The lowest BCUT2D eigenvalue weighted by atomic mass is 9.96. The number of hydrogen-bond donors (Lipinski definition) is 2. The Morgan fingerprint density at radius 3 is 1.68 bits per heavy atom. The van der Waals surface area contributed by atoms with Crippen molar-refractivity contribution >= 4 is 36.1 Å². The summed E-state index contributed by atoms with van der Waals surface area (Å²) >= 11 is 0. The van der Waals surface area contributed by atoms with E-state index in [9.17, 15) is 14.7 Å². The van der Waals surface area contributed by atoms with Crippen LogP contribution in [-0.4, -0.2) is 90.1 Å². The van der Waals surface area contributed by atoms with E-state index in [4.69, 9.17) is 36.9 Å². The van der Waals surface area contributed by atoms with Crippen LogP contribution in [0.15, 0.2) is 60.7 Å². The van der Waals surface area contributed by atoms with Gasteiger partial charge in [-0.25, -0.2) is 4.57 Å². The van der Waals surface area contributed by atoms with E-state index in [0.717, 1.165) is 44.6 Å². The number of amides is 1. The molecule has 424 valence electrons. The number of aliphatic hydroxyl groups excluding tert-OH is 1. The summed E-state index contributed by atoms with van der Waals surface area (Å²) in [5.74, 6) is -0.606. The number of aliphatic hydroxyl groups is 1. The highest BCUT2D eigenvalue weighted by atomic mass is 31.2. The average molecular weight is 1090 g/mol. The van der Waals surface area contributed by atoms with E-state index in [-0.39, 0.29) is 48.7 Å². The van der Waals surface area contributed by atoms with Crippen LogP contribution in [-0.2, 0) is 42.1 Å². The molecule has 0 radical (unpaired) electrons. The number of phosphoric ester groups is 1. The lowest BCUT2D eigenvalue weighted by molar-refractivity contribution is -0.255. The van der Waals surface area contributed by atoms with Crippen LogP contribution in [0, 0.1) is 0 Å². The molecule has 13 nitrogen and oxygen atoms in total. The first-order valence-corrected chi connectivity index (χ1v) is 36.8. The maximum Gasteiger partial charge on any atom is 0.588 e. The predicted molar refractivity (Wildman–Crippen MR) is 304 cm³/mol. The quantitative estimate of drug-likeness (QED) is 0.0214. The van der Waals surface area contributed by atoms with Crippen LogP contribution in [0.2, 0.25) is 43.8 Å². The number of nitrogens with one attached hydrogen (secondary N) is 1. The highest BCUT2D eigenvalue weighted by Crippen LogP contribution is 2.52. The summed E-state index contributed by atoms with van der Waals surface area (Å²) in [4.78, 5) is 28.5. The number of ether oxygens (including phenoxy) is 4. The Hall–Kier alpha value is -2.60. The molecule has 0 saturated carbocycles. The van der Waals surface area contributed by atoms with E-state index >= 15 is 4.57 Å². The summed E-state index contributed by atoms with van der Waals surface area (Å²) < 4.78 is 65.9. The molecule has 1 aliphatic rings. The highest BCUT2D eigenvalue weighted by molar-refractivity contribution is 7.49. The van der Waals surface area contributed by atoms with Crippen molar-refractivity contribution in [2.45, 2.75) is 263 Å². The zero-order chi connectivity index (χ0) is 54.3. The van der Waals surface area contributed by atoms with Crippen molar-refractivity contribution in [3.05, 3.63) is 60.7 Å². The van der Waals surface area contributed by atoms with Gasteiger partial charge in [0.1, 0.15) is 36.5 Å². The van der Waals surface area contributed by atoms with Gasteiger partial charge in [-0.3, -0.25) is 14.1 Å². The van der Waals surface area contributed by atoms with Gasteiger partial charge in [0.05, 0.1) is 19.1 Å². The van der Waals surface area contributed by atoms with E-state index in [2.05, 4.69) is 72.7 Å². The molecule has 1 amide bonds. The molecule has 1 fully saturated rings. The van der Waals surface area contributed by atoms with Crippen LogP contribution in [0.25, 0.3) is 0 Å². The average Bonchev–Trinajstić information content (AvgIpc) is 3.33. The van der Waals surface area contributed by atoms with Gasteiger partial charge in [0.25, 0.3) is 0 Å². The van der Waals surface area contributed by atoms with Gasteiger partial charge in [-0.05, 0) is 61.3 Å². The third-order valence-corrected chi connectivity index (χ3v) is 21.8. The monoisotopic (exact) mass is 1090 g/mol. The first kappa shape index (κ1) is 65.7. The molecule has 74 heavy (non-hydrogen) atoms. The molecule has 16 heteroatoms. The standard InChI is InChI=1S/C58H102NO12PSi2/c1-11-13-15-17-19-21-22-24-26-28-36-42-52(60)59-54-56(68-53(61)45-50(65-47-64-43-44-73(6,7)8)41-31-27-25-23-20-18-16-14-12-2)55(51(67-57(54)62)46-66-74(9,10)58(3,4)5)71-72(63,69-48-37-32-29-33-38-48)70-49-39-34-30-35-40-49/h29-30,32-35,37-40,50-51,54-57,62H,11-28,31,36,41-47H2,1-10H3,(H,59,60)/t50-,51-,54-,55-,56-,57?/m1/s1. The lowest BCUT2D eigenvalue weighted by Crippen LogP contribution is -2.66. The number of carbonyl (C=O) groups excluding carboxylic acids is 2. The van der Waals surface area contributed by atoms with E-state index in [1.807, 2.05) is 0 Å². The van der Waals surface area contributed by atoms with Gasteiger partial charge in [0, 0.05) is 21.1 Å². The van der Waals surface area contributed by atoms with Crippen molar-refractivity contribution in [1.29, 1.82) is 0 Å². The van der Waals surface area contributed by atoms with Crippen molar-refractivity contribution < 1.29 is 56.2 Å².